The molecule has 0 radical (unpaired) electrons. The van der Waals surface area contributed by atoms with Crippen LogP contribution in [0, 0.1) is 11.8 Å². The second kappa shape index (κ2) is 5.39. The van der Waals surface area contributed by atoms with Crippen molar-refractivity contribution in [2.45, 2.75) is 12.1 Å². The van der Waals surface area contributed by atoms with Gasteiger partial charge in [0.15, 0.2) is 5.78 Å². The lowest BCUT2D eigenvalue weighted by Crippen LogP contribution is -2.42. The zero-order chi connectivity index (χ0) is 17.8. The third-order valence-electron chi connectivity index (χ3n) is 5.63. The summed E-state index contributed by atoms with van der Waals surface area (Å²) in [6.07, 6.45) is 3.80. The van der Waals surface area contributed by atoms with E-state index in [0.717, 1.165) is 11.1 Å². The lowest BCUT2D eigenvalue weighted by atomic mass is 9.83. The normalized spacial score (nSPS) is 28.4. The van der Waals surface area contributed by atoms with E-state index in [2.05, 4.69) is 5.32 Å². The van der Waals surface area contributed by atoms with Crippen LogP contribution in [0.1, 0.15) is 27.5 Å². The molecule has 3 aliphatic rings. The lowest BCUT2D eigenvalue weighted by Gasteiger charge is -2.34. The van der Waals surface area contributed by atoms with E-state index in [0.29, 0.717) is 5.56 Å². The number of fused-ring (bicyclic) bond motifs is 5. The Kier molecular flexibility index (Phi) is 3.13. The molecule has 128 valence electrons. The Morgan fingerprint density at radius 2 is 1.58 bits per heavy atom. The fraction of sp³-hybridized carbons (Fsp3) is 0.190. The molecule has 0 saturated carbocycles. The Bertz CT molecular complexity index is 966. The number of hydrogen-bond acceptors (Lipinski definition) is 4. The molecule has 3 aliphatic heterocycles. The molecule has 0 bridgehead atoms. The molecule has 5 nitrogen and oxygen atoms in total. The average Bonchev–Trinajstić information content (AvgIpc) is 3.17. The molecule has 3 heterocycles. The first-order valence-corrected chi connectivity index (χ1v) is 8.65. The first-order valence-electron chi connectivity index (χ1n) is 8.65. The van der Waals surface area contributed by atoms with Gasteiger partial charge in [-0.25, -0.2) is 0 Å². The zero-order valence-corrected chi connectivity index (χ0v) is 13.8. The molecule has 2 aromatic carbocycles. The van der Waals surface area contributed by atoms with Crippen molar-refractivity contribution in [3.63, 3.8) is 0 Å². The molecule has 2 saturated heterocycles. The van der Waals surface area contributed by atoms with Gasteiger partial charge < -0.3 is 4.90 Å². The second-order valence-electron chi connectivity index (χ2n) is 6.92. The van der Waals surface area contributed by atoms with Crippen LogP contribution in [0.5, 0.6) is 0 Å². The van der Waals surface area contributed by atoms with Gasteiger partial charge in [0.05, 0.1) is 17.9 Å². The third kappa shape index (κ3) is 1.94. The van der Waals surface area contributed by atoms with E-state index in [1.807, 2.05) is 47.5 Å². The number of amides is 2. The summed E-state index contributed by atoms with van der Waals surface area (Å²) in [5.41, 5.74) is 2.56. The number of nitrogens with zero attached hydrogens (tertiary/aromatic N) is 1. The van der Waals surface area contributed by atoms with Crippen molar-refractivity contribution in [3.05, 3.63) is 77.5 Å². The zero-order valence-electron chi connectivity index (χ0n) is 13.8. The van der Waals surface area contributed by atoms with Crippen LogP contribution in [-0.4, -0.2) is 28.5 Å². The van der Waals surface area contributed by atoms with E-state index >= 15 is 0 Å². The number of imide groups is 1. The fourth-order valence-corrected chi connectivity index (χ4v) is 4.55. The van der Waals surface area contributed by atoms with Crippen molar-refractivity contribution in [2.24, 2.45) is 11.8 Å². The first kappa shape index (κ1) is 15.1. The summed E-state index contributed by atoms with van der Waals surface area (Å²) < 4.78 is 0. The molecule has 0 unspecified atom stereocenters. The van der Waals surface area contributed by atoms with E-state index in [4.69, 9.17) is 0 Å². The summed E-state index contributed by atoms with van der Waals surface area (Å²) in [4.78, 5) is 40.2. The second-order valence-corrected chi connectivity index (χ2v) is 6.92. The van der Waals surface area contributed by atoms with Crippen molar-refractivity contribution in [1.82, 2.24) is 10.2 Å². The predicted octanol–water partition coefficient (Wildman–Crippen LogP) is 2.17. The van der Waals surface area contributed by atoms with E-state index in [9.17, 15) is 14.4 Å². The molecular weight excluding hydrogens is 328 g/mol. The van der Waals surface area contributed by atoms with Gasteiger partial charge in [-0.2, -0.15) is 0 Å². The van der Waals surface area contributed by atoms with Gasteiger partial charge in [-0.05, 0) is 17.2 Å². The highest BCUT2D eigenvalue weighted by atomic mass is 16.2. The van der Waals surface area contributed by atoms with Gasteiger partial charge >= 0.3 is 0 Å². The monoisotopic (exact) mass is 344 g/mol. The highest BCUT2D eigenvalue weighted by Crippen LogP contribution is 2.51. The standard InChI is InChI=1S/C21H16N2O3/c24-19(13-7-2-1-3-8-13)18-16-15(20(25)22-21(16)26)17-14-9-5-4-6-12(14)10-11-23(17)18/h1-11,15-18H,(H,22,25,26)/t15-,16+,17-,18+/m0/s1. The van der Waals surface area contributed by atoms with Crippen LogP contribution in [0.2, 0.25) is 0 Å². The molecule has 2 aromatic rings. The van der Waals surface area contributed by atoms with E-state index in [-0.39, 0.29) is 23.6 Å². The molecule has 0 aromatic heterocycles. The maximum absolute atomic E-state index is 13.2. The van der Waals surface area contributed by atoms with Gasteiger partial charge in [-0.1, -0.05) is 54.6 Å². The molecule has 2 amide bonds. The molecule has 0 aliphatic carbocycles. The van der Waals surface area contributed by atoms with Gasteiger partial charge in [0, 0.05) is 11.8 Å². The topological polar surface area (TPSA) is 66.5 Å². The minimum Gasteiger partial charge on any atom is -0.358 e. The number of carbonyl (C=O) groups is 3. The Morgan fingerprint density at radius 1 is 0.885 bits per heavy atom. The fourth-order valence-electron chi connectivity index (χ4n) is 4.55. The summed E-state index contributed by atoms with van der Waals surface area (Å²) >= 11 is 0. The number of carbonyl (C=O) groups excluding carboxylic acids is 3. The minimum atomic E-state index is -0.677. The van der Waals surface area contributed by atoms with Crippen LogP contribution in [0.15, 0.2) is 60.8 Å². The maximum Gasteiger partial charge on any atom is 0.233 e. The van der Waals surface area contributed by atoms with E-state index in [1.165, 1.54) is 0 Å². The van der Waals surface area contributed by atoms with Crippen molar-refractivity contribution < 1.29 is 14.4 Å². The maximum atomic E-state index is 13.2. The minimum absolute atomic E-state index is 0.128. The van der Waals surface area contributed by atoms with Gasteiger partial charge in [0.1, 0.15) is 6.04 Å². The summed E-state index contributed by atoms with van der Waals surface area (Å²) in [6.45, 7) is 0. The molecule has 2 fully saturated rings. The smallest absolute Gasteiger partial charge is 0.233 e. The number of ketones is 1. The summed E-state index contributed by atoms with van der Waals surface area (Å²) in [5, 5.41) is 2.44. The van der Waals surface area contributed by atoms with Crippen molar-refractivity contribution in [2.75, 3.05) is 0 Å². The quantitative estimate of drug-likeness (QED) is 0.670. The molecule has 4 atom stereocenters. The first-order chi connectivity index (χ1) is 12.7. The molecule has 5 heteroatoms. The summed E-state index contributed by atoms with van der Waals surface area (Å²) in [5.74, 6) is -1.99. The van der Waals surface area contributed by atoms with Crippen LogP contribution < -0.4 is 5.32 Å². The number of nitrogens with one attached hydrogen (secondary N) is 1. The number of hydrogen-bond donors (Lipinski definition) is 1. The molecular formula is C21H16N2O3. The number of Topliss-reactive ketones (excluding diaryl/α,β-unsaturated/α-hetero) is 1. The number of benzene rings is 2. The van der Waals surface area contributed by atoms with Crippen LogP contribution >= 0.6 is 0 Å². The average molecular weight is 344 g/mol. The molecule has 5 rings (SSSR count). The number of rotatable bonds is 2. The van der Waals surface area contributed by atoms with Crippen molar-refractivity contribution >= 4 is 23.7 Å². The Labute approximate surface area is 150 Å². The Hall–Kier alpha value is -3.21. The van der Waals surface area contributed by atoms with Crippen LogP contribution in [-0.2, 0) is 9.59 Å². The largest absolute Gasteiger partial charge is 0.358 e. The molecule has 26 heavy (non-hydrogen) atoms. The van der Waals surface area contributed by atoms with Crippen LogP contribution in [0.4, 0.5) is 0 Å². The Morgan fingerprint density at radius 3 is 2.38 bits per heavy atom. The van der Waals surface area contributed by atoms with Gasteiger partial charge in [-0.3, -0.25) is 19.7 Å². The van der Waals surface area contributed by atoms with Gasteiger partial charge in [-0.15, -0.1) is 0 Å². The lowest BCUT2D eigenvalue weighted by molar-refractivity contribution is -0.127. The third-order valence-corrected chi connectivity index (χ3v) is 5.63. The van der Waals surface area contributed by atoms with E-state index in [1.54, 1.807) is 24.3 Å². The van der Waals surface area contributed by atoms with Crippen LogP contribution in [0.3, 0.4) is 0 Å². The SMILES string of the molecule is O=C1NC(=O)[C@H]2[C@@H]1[C@H](C(=O)c1ccccc1)N1C=Cc3ccccc3[C@@H]21. The highest BCUT2D eigenvalue weighted by Gasteiger charge is 2.61. The highest BCUT2D eigenvalue weighted by molar-refractivity contribution is 6.12. The predicted molar refractivity (Wildman–Crippen MR) is 94.7 cm³/mol. The summed E-state index contributed by atoms with van der Waals surface area (Å²) in [6, 6.07) is 15.8. The van der Waals surface area contributed by atoms with Crippen molar-refractivity contribution in [3.8, 4) is 0 Å². The summed E-state index contributed by atoms with van der Waals surface area (Å²) in [7, 11) is 0. The Balaban J connectivity index is 1.66. The molecule has 1 N–H and O–H groups in total. The van der Waals surface area contributed by atoms with E-state index < -0.39 is 17.9 Å². The van der Waals surface area contributed by atoms with Gasteiger partial charge in [0.2, 0.25) is 11.8 Å². The van der Waals surface area contributed by atoms with Gasteiger partial charge in [0.25, 0.3) is 0 Å². The van der Waals surface area contributed by atoms with Crippen molar-refractivity contribution in [1.29, 1.82) is 0 Å². The molecule has 0 spiro atoms. The van der Waals surface area contributed by atoms with Crippen LogP contribution in [0.25, 0.3) is 6.08 Å².